The van der Waals surface area contributed by atoms with Crippen LogP contribution in [0.5, 0.6) is 0 Å². The van der Waals surface area contributed by atoms with Crippen molar-refractivity contribution in [3.05, 3.63) is 22.7 Å². The first-order valence-electron chi connectivity index (χ1n) is 6.11. The highest BCUT2D eigenvalue weighted by Crippen LogP contribution is 2.19. The molecule has 0 aromatic carbocycles. The number of aromatic nitrogens is 4. The molecule has 10 heteroatoms. The van der Waals surface area contributed by atoms with Gasteiger partial charge in [0.25, 0.3) is 5.91 Å². The number of tetrazole rings is 1. The van der Waals surface area contributed by atoms with Crippen molar-refractivity contribution in [2.24, 2.45) is 0 Å². The van der Waals surface area contributed by atoms with E-state index in [1.807, 2.05) is 11.4 Å². The second-order valence-corrected chi connectivity index (χ2v) is 4.80. The molecule has 0 saturated heterocycles. The van der Waals surface area contributed by atoms with Crippen LogP contribution in [0.15, 0.2) is 17.8 Å². The maximum Gasteiger partial charge on any atom is 0.263 e. The van der Waals surface area contributed by atoms with Gasteiger partial charge in [0.15, 0.2) is 0 Å². The maximum absolute atomic E-state index is 12.1. The third-order valence-corrected chi connectivity index (χ3v) is 3.42. The van der Waals surface area contributed by atoms with Crippen LogP contribution in [-0.2, 0) is 4.74 Å². The second-order valence-electron chi connectivity index (χ2n) is 3.89. The molecule has 0 saturated carbocycles. The lowest BCUT2D eigenvalue weighted by atomic mass is 10.3. The van der Waals surface area contributed by atoms with E-state index in [9.17, 15) is 4.79 Å². The fourth-order valence-corrected chi connectivity index (χ4v) is 2.36. The zero-order chi connectivity index (χ0) is 14.2. The molecule has 8 nitrogen and oxygen atoms in total. The summed E-state index contributed by atoms with van der Waals surface area (Å²) < 4.78 is 6.39. The van der Waals surface area contributed by atoms with Gasteiger partial charge in [-0.3, -0.25) is 4.79 Å². The number of hydrogen-bond donors (Lipinski definition) is 2. The van der Waals surface area contributed by atoms with Crippen molar-refractivity contribution in [1.29, 1.82) is 0 Å². The van der Waals surface area contributed by atoms with Crippen LogP contribution in [-0.4, -0.2) is 59.5 Å². The molecule has 0 radical (unpaired) electrons. The highest BCUT2D eigenvalue weighted by atomic mass is 35.5. The van der Waals surface area contributed by atoms with E-state index in [4.69, 9.17) is 4.74 Å². The molecule has 116 valence electrons. The Labute approximate surface area is 132 Å². The fourth-order valence-electron chi connectivity index (χ4n) is 1.57. The van der Waals surface area contributed by atoms with E-state index >= 15 is 0 Å². The molecule has 1 amide bonds. The van der Waals surface area contributed by atoms with Crippen LogP contribution in [0.1, 0.15) is 9.67 Å². The Kier molecular flexibility index (Phi) is 7.83. The summed E-state index contributed by atoms with van der Waals surface area (Å²) in [5.41, 5.74) is 0.685. The van der Waals surface area contributed by atoms with Crippen LogP contribution in [0.3, 0.4) is 0 Å². The topological polar surface area (TPSA) is 94.0 Å². The van der Waals surface area contributed by atoms with Crippen LogP contribution in [0.4, 0.5) is 0 Å². The van der Waals surface area contributed by atoms with Crippen molar-refractivity contribution in [2.45, 2.75) is 0 Å². The summed E-state index contributed by atoms with van der Waals surface area (Å²) in [5, 5.41) is 18.8. The number of carbonyl (C=O) groups is 1. The number of nitrogens with one attached hydrogen (secondary N) is 2. The van der Waals surface area contributed by atoms with Gasteiger partial charge < -0.3 is 15.4 Å². The third kappa shape index (κ3) is 5.05. The first-order valence-corrected chi connectivity index (χ1v) is 6.99. The summed E-state index contributed by atoms with van der Waals surface area (Å²) in [5.74, 6) is -0.126. The van der Waals surface area contributed by atoms with E-state index in [1.165, 1.54) is 22.3 Å². The maximum atomic E-state index is 12.1. The number of ether oxygens (including phenoxy) is 1. The average Bonchev–Trinajstić information content (AvgIpc) is 3.11. The number of methoxy groups -OCH3 is 1. The molecule has 0 unspecified atom stereocenters. The van der Waals surface area contributed by atoms with E-state index in [0.717, 1.165) is 6.54 Å². The molecule has 0 aliphatic heterocycles. The zero-order valence-corrected chi connectivity index (χ0v) is 13.1. The van der Waals surface area contributed by atoms with Crippen molar-refractivity contribution in [3.8, 4) is 5.69 Å². The van der Waals surface area contributed by atoms with Crippen LogP contribution >= 0.6 is 23.7 Å². The fraction of sp³-hybridized carbons (Fsp3) is 0.455. The predicted octanol–water partition coefficient (Wildman–Crippen LogP) is 0.111. The Balaban J connectivity index is 0.00000220. The van der Waals surface area contributed by atoms with E-state index in [1.54, 1.807) is 7.11 Å². The normalized spacial score (nSPS) is 10.1. The van der Waals surface area contributed by atoms with E-state index < -0.39 is 0 Å². The summed E-state index contributed by atoms with van der Waals surface area (Å²) >= 11 is 1.36. The van der Waals surface area contributed by atoms with Gasteiger partial charge in [-0.1, -0.05) is 0 Å². The number of halogens is 1. The Morgan fingerprint density at radius 1 is 1.43 bits per heavy atom. The molecule has 0 aliphatic carbocycles. The lowest BCUT2D eigenvalue weighted by Gasteiger charge is -2.06. The molecular formula is C11H17ClN6O2S. The minimum atomic E-state index is -0.126. The molecule has 2 aromatic heterocycles. The number of carbonyl (C=O) groups excluding carboxylic acids is 1. The molecule has 2 rings (SSSR count). The van der Waals surface area contributed by atoms with Crippen molar-refractivity contribution >= 4 is 29.7 Å². The SMILES string of the molecule is COCCNCCNC(=O)c1sccc1-n1cnnn1.Cl. The zero-order valence-electron chi connectivity index (χ0n) is 11.5. The van der Waals surface area contributed by atoms with Crippen LogP contribution in [0, 0.1) is 0 Å². The standard InChI is InChI=1S/C11H16N6O2S.ClH/c1-19-6-5-12-3-4-13-11(18)10-9(2-7-20-10)17-8-14-15-16-17;/h2,7-8,12H,3-6H2,1H3,(H,13,18);1H. The summed E-state index contributed by atoms with van der Waals surface area (Å²) in [6, 6.07) is 1.81. The molecule has 0 fully saturated rings. The minimum absolute atomic E-state index is 0. The van der Waals surface area contributed by atoms with Gasteiger partial charge in [-0.05, 0) is 21.9 Å². The van der Waals surface area contributed by atoms with Crippen LogP contribution in [0.2, 0.25) is 0 Å². The summed E-state index contributed by atoms with van der Waals surface area (Å²) in [4.78, 5) is 12.7. The Hall–Kier alpha value is -1.55. The van der Waals surface area contributed by atoms with Gasteiger partial charge in [-0.25, -0.2) is 0 Å². The van der Waals surface area contributed by atoms with Crippen molar-refractivity contribution in [1.82, 2.24) is 30.8 Å². The molecule has 2 aromatic rings. The third-order valence-electron chi connectivity index (χ3n) is 2.52. The van der Waals surface area contributed by atoms with Crippen LogP contribution < -0.4 is 10.6 Å². The number of rotatable bonds is 8. The lowest BCUT2D eigenvalue weighted by molar-refractivity contribution is 0.0957. The Bertz CT molecular complexity index is 533. The van der Waals surface area contributed by atoms with E-state index in [-0.39, 0.29) is 18.3 Å². The van der Waals surface area contributed by atoms with Crippen molar-refractivity contribution in [2.75, 3.05) is 33.4 Å². The highest BCUT2D eigenvalue weighted by Gasteiger charge is 2.14. The lowest BCUT2D eigenvalue weighted by Crippen LogP contribution is -2.33. The second kappa shape index (κ2) is 9.40. The molecule has 0 atom stereocenters. The largest absolute Gasteiger partial charge is 0.383 e. The first-order chi connectivity index (χ1) is 9.83. The minimum Gasteiger partial charge on any atom is -0.383 e. The highest BCUT2D eigenvalue weighted by molar-refractivity contribution is 7.12. The Morgan fingerprint density at radius 3 is 3.00 bits per heavy atom. The monoisotopic (exact) mass is 332 g/mol. The first kappa shape index (κ1) is 17.5. The van der Waals surface area contributed by atoms with Crippen molar-refractivity contribution in [3.63, 3.8) is 0 Å². The average molecular weight is 333 g/mol. The van der Waals surface area contributed by atoms with Gasteiger partial charge in [0.05, 0.1) is 12.3 Å². The van der Waals surface area contributed by atoms with Gasteiger partial charge in [-0.2, -0.15) is 4.68 Å². The summed E-state index contributed by atoms with van der Waals surface area (Å²) in [6.45, 7) is 2.67. The summed E-state index contributed by atoms with van der Waals surface area (Å²) in [6.07, 6.45) is 1.46. The molecule has 0 spiro atoms. The van der Waals surface area contributed by atoms with Crippen LogP contribution in [0.25, 0.3) is 5.69 Å². The van der Waals surface area contributed by atoms with Gasteiger partial charge in [0, 0.05) is 26.7 Å². The van der Waals surface area contributed by atoms with Gasteiger partial charge >= 0.3 is 0 Å². The predicted molar refractivity (Wildman–Crippen MR) is 81.4 cm³/mol. The van der Waals surface area contributed by atoms with E-state index in [0.29, 0.717) is 30.3 Å². The quantitative estimate of drug-likeness (QED) is 0.666. The molecule has 2 N–H and O–H groups in total. The number of hydrogen-bond acceptors (Lipinski definition) is 7. The molecule has 0 aliphatic rings. The molecular weight excluding hydrogens is 316 g/mol. The van der Waals surface area contributed by atoms with Gasteiger partial charge in [0.2, 0.25) is 0 Å². The molecule has 0 bridgehead atoms. The number of amides is 1. The van der Waals surface area contributed by atoms with Crippen molar-refractivity contribution < 1.29 is 9.53 Å². The van der Waals surface area contributed by atoms with Gasteiger partial charge in [-0.15, -0.1) is 28.8 Å². The van der Waals surface area contributed by atoms with E-state index in [2.05, 4.69) is 26.2 Å². The Morgan fingerprint density at radius 2 is 2.29 bits per heavy atom. The molecule has 21 heavy (non-hydrogen) atoms. The smallest absolute Gasteiger partial charge is 0.263 e. The summed E-state index contributed by atoms with van der Waals surface area (Å²) in [7, 11) is 1.65. The van der Waals surface area contributed by atoms with Gasteiger partial charge in [0.1, 0.15) is 11.2 Å². The number of thiophene rings is 1. The molecule has 2 heterocycles. The number of nitrogens with zero attached hydrogens (tertiary/aromatic N) is 4.